The van der Waals surface area contributed by atoms with Crippen molar-refractivity contribution in [2.75, 3.05) is 19.5 Å². The SMILES string of the molecule is COc1ccc(OC)c(NC(=O)c2csc3c2CCC(C(C)(C)C)C3)c1. The molecule has 0 saturated carbocycles. The lowest BCUT2D eigenvalue weighted by Gasteiger charge is -2.34. The molecule has 1 unspecified atom stereocenters. The molecule has 4 nitrogen and oxygen atoms in total. The van der Waals surface area contributed by atoms with E-state index in [0.29, 0.717) is 28.5 Å². The summed E-state index contributed by atoms with van der Waals surface area (Å²) in [4.78, 5) is 14.3. The molecule has 0 aliphatic heterocycles. The Balaban J connectivity index is 1.82. The van der Waals surface area contributed by atoms with Gasteiger partial charge in [0.2, 0.25) is 0 Å². The molecule has 1 aromatic heterocycles. The number of hydrogen-bond acceptors (Lipinski definition) is 4. The first kappa shape index (κ1) is 18.8. The molecule has 1 aromatic carbocycles. The van der Waals surface area contributed by atoms with E-state index < -0.39 is 0 Å². The minimum absolute atomic E-state index is 0.0803. The van der Waals surface area contributed by atoms with Crippen LogP contribution in [0.25, 0.3) is 0 Å². The summed E-state index contributed by atoms with van der Waals surface area (Å²) in [5.41, 5.74) is 2.94. The highest BCUT2D eigenvalue weighted by Gasteiger charge is 2.31. The maximum atomic E-state index is 12.9. The first-order valence-electron chi connectivity index (χ1n) is 8.96. The van der Waals surface area contributed by atoms with Gasteiger partial charge in [-0.2, -0.15) is 0 Å². The average molecular weight is 374 g/mol. The number of fused-ring (bicyclic) bond motifs is 1. The molecule has 1 aliphatic carbocycles. The van der Waals surface area contributed by atoms with Crippen molar-refractivity contribution in [1.29, 1.82) is 0 Å². The number of nitrogens with one attached hydrogen (secondary N) is 1. The van der Waals surface area contributed by atoms with Crippen molar-refractivity contribution in [3.05, 3.63) is 39.6 Å². The van der Waals surface area contributed by atoms with Crippen LogP contribution in [-0.2, 0) is 12.8 Å². The number of amides is 1. The number of carbonyl (C=O) groups is 1. The van der Waals surface area contributed by atoms with Crippen molar-refractivity contribution < 1.29 is 14.3 Å². The molecule has 5 heteroatoms. The summed E-state index contributed by atoms with van der Waals surface area (Å²) in [7, 11) is 3.20. The zero-order chi connectivity index (χ0) is 18.9. The van der Waals surface area contributed by atoms with Crippen molar-refractivity contribution in [3.63, 3.8) is 0 Å². The molecule has 0 spiro atoms. The third-order valence-corrected chi connectivity index (χ3v) is 6.33. The van der Waals surface area contributed by atoms with E-state index in [1.807, 2.05) is 11.4 Å². The monoisotopic (exact) mass is 373 g/mol. The van der Waals surface area contributed by atoms with Gasteiger partial charge in [-0.1, -0.05) is 20.8 Å². The normalized spacial score (nSPS) is 16.7. The third kappa shape index (κ3) is 3.73. The summed E-state index contributed by atoms with van der Waals surface area (Å²) in [6.07, 6.45) is 3.17. The minimum Gasteiger partial charge on any atom is -0.497 e. The average Bonchev–Trinajstić information content (AvgIpc) is 3.04. The second kappa shape index (κ2) is 7.31. The molecule has 26 heavy (non-hydrogen) atoms. The van der Waals surface area contributed by atoms with Crippen molar-refractivity contribution in [1.82, 2.24) is 0 Å². The van der Waals surface area contributed by atoms with Gasteiger partial charge in [0.1, 0.15) is 11.5 Å². The maximum Gasteiger partial charge on any atom is 0.256 e. The number of hydrogen-bond donors (Lipinski definition) is 1. The Morgan fingerprint density at radius 2 is 2.00 bits per heavy atom. The van der Waals surface area contributed by atoms with Crippen LogP contribution in [0.2, 0.25) is 0 Å². The molecule has 1 N–H and O–H groups in total. The van der Waals surface area contributed by atoms with Crippen molar-refractivity contribution in [2.45, 2.75) is 40.0 Å². The van der Waals surface area contributed by atoms with E-state index in [9.17, 15) is 4.79 Å². The summed E-state index contributed by atoms with van der Waals surface area (Å²) < 4.78 is 10.6. The third-order valence-electron chi connectivity index (χ3n) is 5.28. The quantitative estimate of drug-likeness (QED) is 0.804. The molecule has 1 atom stereocenters. The molecule has 1 heterocycles. The molecular formula is C21H27NO3S. The minimum atomic E-state index is -0.0803. The zero-order valence-corrected chi connectivity index (χ0v) is 17.0. The summed E-state index contributed by atoms with van der Waals surface area (Å²) in [5, 5.41) is 4.99. The van der Waals surface area contributed by atoms with Gasteiger partial charge >= 0.3 is 0 Å². The predicted molar refractivity (Wildman–Crippen MR) is 107 cm³/mol. The Bertz CT molecular complexity index is 804. The second-order valence-corrected chi connectivity index (χ2v) is 8.84. The van der Waals surface area contributed by atoms with Crippen molar-refractivity contribution >= 4 is 22.9 Å². The van der Waals surface area contributed by atoms with Crippen molar-refractivity contribution in [2.24, 2.45) is 11.3 Å². The number of methoxy groups -OCH3 is 2. The van der Waals surface area contributed by atoms with Crippen molar-refractivity contribution in [3.8, 4) is 11.5 Å². The van der Waals surface area contributed by atoms with Crippen LogP contribution in [0.5, 0.6) is 11.5 Å². The Morgan fingerprint density at radius 1 is 1.23 bits per heavy atom. The fourth-order valence-corrected chi connectivity index (χ4v) is 4.70. The molecular weight excluding hydrogens is 346 g/mol. The van der Waals surface area contributed by atoms with Crippen LogP contribution >= 0.6 is 11.3 Å². The largest absolute Gasteiger partial charge is 0.497 e. The molecule has 0 radical (unpaired) electrons. The van der Waals surface area contributed by atoms with E-state index in [1.54, 1.807) is 37.7 Å². The van der Waals surface area contributed by atoms with E-state index in [-0.39, 0.29) is 5.91 Å². The van der Waals surface area contributed by atoms with Crippen LogP contribution in [0.1, 0.15) is 48.0 Å². The van der Waals surface area contributed by atoms with Gasteiger partial charge in [-0.3, -0.25) is 4.79 Å². The van der Waals surface area contributed by atoms with E-state index in [2.05, 4.69) is 26.1 Å². The van der Waals surface area contributed by atoms with Crippen LogP contribution in [0.3, 0.4) is 0 Å². The first-order chi connectivity index (χ1) is 12.3. The summed E-state index contributed by atoms with van der Waals surface area (Å²) in [5.74, 6) is 1.89. The molecule has 1 amide bonds. The fraction of sp³-hybridized carbons (Fsp3) is 0.476. The van der Waals surface area contributed by atoms with Gasteiger partial charge in [-0.05, 0) is 48.3 Å². The van der Waals surface area contributed by atoms with Crippen LogP contribution in [0, 0.1) is 11.3 Å². The van der Waals surface area contributed by atoms with Gasteiger partial charge in [0.05, 0.1) is 25.5 Å². The highest BCUT2D eigenvalue weighted by atomic mass is 32.1. The van der Waals surface area contributed by atoms with Gasteiger partial charge < -0.3 is 14.8 Å². The van der Waals surface area contributed by atoms with Gasteiger partial charge in [-0.25, -0.2) is 0 Å². The molecule has 0 fully saturated rings. The van der Waals surface area contributed by atoms with Gasteiger partial charge in [-0.15, -0.1) is 11.3 Å². The van der Waals surface area contributed by atoms with Crippen LogP contribution < -0.4 is 14.8 Å². The number of rotatable bonds is 4. The van der Waals surface area contributed by atoms with Crippen LogP contribution in [0.4, 0.5) is 5.69 Å². The number of thiophene rings is 1. The first-order valence-corrected chi connectivity index (χ1v) is 9.84. The lowest BCUT2D eigenvalue weighted by Crippen LogP contribution is -2.27. The Hall–Kier alpha value is -2.01. The summed E-state index contributed by atoms with van der Waals surface area (Å²) in [6.45, 7) is 6.91. The van der Waals surface area contributed by atoms with Gasteiger partial charge in [0.15, 0.2) is 0 Å². The molecule has 2 aromatic rings. The van der Waals surface area contributed by atoms with E-state index in [0.717, 1.165) is 24.8 Å². The van der Waals surface area contributed by atoms with Gasteiger partial charge in [0.25, 0.3) is 5.91 Å². The lowest BCUT2D eigenvalue weighted by atomic mass is 9.72. The lowest BCUT2D eigenvalue weighted by molar-refractivity contribution is 0.102. The van der Waals surface area contributed by atoms with Crippen LogP contribution in [0.15, 0.2) is 23.6 Å². The molecule has 1 aliphatic rings. The maximum absolute atomic E-state index is 12.9. The number of carbonyl (C=O) groups excluding carboxylic acids is 1. The van der Waals surface area contributed by atoms with Crippen LogP contribution in [-0.4, -0.2) is 20.1 Å². The molecule has 0 saturated heterocycles. The number of benzene rings is 1. The topological polar surface area (TPSA) is 47.6 Å². The molecule has 0 bridgehead atoms. The highest BCUT2D eigenvalue weighted by molar-refractivity contribution is 7.10. The fourth-order valence-electron chi connectivity index (χ4n) is 3.54. The number of anilines is 1. The number of ether oxygens (including phenoxy) is 2. The Kier molecular flexibility index (Phi) is 5.28. The van der Waals surface area contributed by atoms with E-state index in [4.69, 9.17) is 9.47 Å². The Labute approximate surface area is 159 Å². The second-order valence-electron chi connectivity index (χ2n) is 7.88. The molecule has 140 valence electrons. The predicted octanol–water partition coefficient (Wildman–Crippen LogP) is 5.17. The Morgan fingerprint density at radius 3 is 2.65 bits per heavy atom. The van der Waals surface area contributed by atoms with E-state index in [1.165, 1.54) is 10.4 Å². The summed E-state index contributed by atoms with van der Waals surface area (Å²) in [6, 6.07) is 5.39. The highest BCUT2D eigenvalue weighted by Crippen LogP contribution is 2.41. The van der Waals surface area contributed by atoms with Gasteiger partial charge in [0, 0.05) is 16.3 Å². The summed E-state index contributed by atoms with van der Waals surface area (Å²) >= 11 is 1.71. The standard InChI is InChI=1S/C21H27NO3S/c1-21(2,3)13-6-8-15-16(12-26-19(15)10-13)20(23)22-17-11-14(24-4)7-9-18(17)25-5/h7,9,11-13H,6,8,10H2,1-5H3,(H,22,23). The van der Waals surface area contributed by atoms with E-state index >= 15 is 0 Å². The smallest absolute Gasteiger partial charge is 0.256 e. The zero-order valence-electron chi connectivity index (χ0n) is 16.1. The molecule has 3 rings (SSSR count).